The number of nitrogens with one attached hydrogen (secondary N) is 1. The lowest BCUT2D eigenvalue weighted by Gasteiger charge is -2.50. The van der Waals surface area contributed by atoms with Crippen molar-refractivity contribution < 1.29 is 9.47 Å². The zero-order chi connectivity index (χ0) is 14.6. The minimum atomic E-state index is 0.0427. The van der Waals surface area contributed by atoms with Gasteiger partial charge in [0.2, 0.25) is 0 Å². The van der Waals surface area contributed by atoms with Crippen LogP contribution in [0.2, 0.25) is 0 Å². The van der Waals surface area contributed by atoms with Gasteiger partial charge >= 0.3 is 0 Å². The second kappa shape index (κ2) is 6.76. The number of hydrogen-bond acceptors (Lipinski definition) is 3. The zero-order valence-corrected chi connectivity index (χ0v) is 13.8. The molecule has 1 heterocycles. The largest absolute Gasteiger partial charge is 0.381 e. The van der Waals surface area contributed by atoms with Gasteiger partial charge in [0.1, 0.15) is 0 Å². The topological polar surface area (TPSA) is 30.5 Å². The van der Waals surface area contributed by atoms with Gasteiger partial charge in [-0.1, -0.05) is 13.8 Å². The van der Waals surface area contributed by atoms with Crippen LogP contribution in [0.1, 0.15) is 59.3 Å². The van der Waals surface area contributed by atoms with E-state index in [-0.39, 0.29) is 5.60 Å². The Morgan fingerprint density at radius 1 is 1.15 bits per heavy atom. The van der Waals surface area contributed by atoms with E-state index in [2.05, 4.69) is 33.1 Å². The summed E-state index contributed by atoms with van der Waals surface area (Å²) >= 11 is 0. The fraction of sp³-hybridized carbons (Fsp3) is 1.00. The predicted molar refractivity (Wildman–Crippen MR) is 83.0 cm³/mol. The minimum Gasteiger partial charge on any atom is -0.381 e. The molecule has 0 aromatic carbocycles. The molecule has 0 bridgehead atoms. The summed E-state index contributed by atoms with van der Waals surface area (Å²) in [5, 5.41) is 3.61. The Morgan fingerprint density at radius 2 is 1.75 bits per heavy atom. The summed E-state index contributed by atoms with van der Waals surface area (Å²) in [6.07, 6.45) is 7.27. The van der Waals surface area contributed by atoms with Crippen molar-refractivity contribution in [2.24, 2.45) is 11.3 Å². The molecule has 20 heavy (non-hydrogen) atoms. The number of likely N-dealkylation sites (N-methyl/N-ethyl adjacent to an activating group) is 1. The summed E-state index contributed by atoms with van der Waals surface area (Å²) in [5.41, 5.74) is 0.523. The molecule has 0 aromatic heterocycles. The fourth-order valence-corrected chi connectivity index (χ4v) is 4.16. The standard InChI is InChI=1S/C17H33NO2/c1-5-20-17(10-8-16(2,3)9-11-17)15(18-4)14-6-12-19-13-7-14/h14-15,18H,5-13H2,1-4H3. The van der Waals surface area contributed by atoms with Crippen LogP contribution in [0.4, 0.5) is 0 Å². The highest BCUT2D eigenvalue weighted by atomic mass is 16.5. The molecule has 1 aliphatic carbocycles. The zero-order valence-electron chi connectivity index (χ0n) is 13.8. The van der Waals surface area contributed by atoms with Crippen molar-refractivity contribution in [1.29, 1.82) is 0 Å². The Hall–Kier alpha value is -0.120. The third-order valence-electron chi connectivity index (χ3n) is 5.50. The van der Waals surface area contributed by atoms with Crippen molar-refractivity contribution >= 4 is 0 Å². The van der Waals surface area contributed by atoms with Gasteiger partial charge in [-0.15, -0.1) is 0 Å². The first-order chi connectivity index (χ1) is 9.53. The van der Waals surface area contributed by atoms with E-state index in [0.717, 1.165) is 19.8 Å². The molecule has 1 N–H and O–H groups in total. The van der Waals surface area contributed by atoms with E-state index in [9.17, 15) is 0 Å². The monoisotopic (exact) mass is 283 g/mol. The van der Waals surface area contributed by atoms with Gasteiger partial charge in [0.25, 0.3) is 0 Å². The Morgan fingerprint density at radius 3 is 2.25 bits per heavy atom. The van der Waals surface area contributed by atoms with Crippen LogP contribution < -0.4 is 5.32 Å². The number of hydrogen-bond donors (Lipinski definition) is 1. The molecule has 118 valence electrons. The molecular weight excluding hydrogens is 250 g/mol. The normalized spacial score (nSPS) is 28.2. The first-order valence-corrected chi connectivity index (χ1v) is 8.42. The molecule has 1 atom stereocenters. The van der Waals surface area contributed by atoms with Crippen LogP contribution in [0.25, 0.3) is 0 Å². The van der Waals surface area contributed by atoms with Gasteiger partial charge in [0, 0.05) is 25.9 Å². The van der Waals surface area contributed by atoms with Crippen LogP contribution in [-0.4, -0.2) is 38.5 Å². The first-order valence-electron chi connectivity index (χ1n) is 8.42. The maximum absolute atomic E-state index is 6.37. The van der Waals surface area contributed by atoms with Crippen LogP contribution in [0.5, 0.6) is 0 Å². The van der Waals surface area contributed by atoms with E-state index in [1.54, 1.807) is 0 Å². The Balaban J connectivity index is 2.12. The third-order valence-corrected chi connectivity index (χ3v) is 5.50. The molecule has 1 unspecified atom stereocenters. The fourth-order valence-electron chi connectivity index (χ4n) is 4.16. The van der Waals surface area contributed by atoms with E-state index in [1.165, 1.54) is 38.5 Å². The predicted octanol–water partition coefficient (Wildman–Crippen LogP) is 3.38. The summed E-state index contributed by atoms with van der Waals surface area (Å²) in [4.78, 5) is 0. The van der Waals surface area contributed by atoms with Crippen molar-refractivity contribution in [3.8, 4) is 0 Å². The quantitative estimate of drug-likeness (QED) is 0.839. The molecule has 2 fully saturated rings. The lowest BCUT2D eigenvalue weighted by Crippen LogP contribution is -2.58. The summed E-state index contributed by atoms with van der Waals surface area (Å²) in [7, 11) is 2.11. The van der Waals surface area contributed by atoms with Crippen LogP contribution in [0, 0.1) is 11.3 Å². The highest BCUT2D eigenvalue weighted by molar-refractivity contribution is 5.01. The highest BCUT2D eigenvalue weighted by Gasteiger charge is 2.47. The van der Waals surface area contributed by atoms with Gasteiger partial charge in [-0.25, -0.2) is 0 Å². The van der Waals surface area contributed by atoms with Gasteiger partial charge in [0.05, 0.1) is 5.60 Å². The molecule has 1 aliphatic heterocycles. The first kappa shape index (κ1) is 16.3. The van der Waals surface area contributed by atoms with E-state index < -0.39 is 0 Å². The molecule has 0 aromatic rings. The lowest BCUT2D eigenvalue weighted by molar-refractivity contribution is -0.124. The average molecular weight is 283 g/mol. The number of ether oxygens (including phenoxy) is 2. The Bertz CT molecular complexity index is 287. The van der Waals surface area contributed by atoms with Crippen molar-refractivity contribution in [1.82, 2.24) is 5.32 Å². The van der Waals surface area contributed by atoms with Gasteiger partial charge < -0.3 is 14.8 Å². The summed E-state index contributed by atoms with van der Waals surface area (Å²) in [6, 6.07) is 0.474. The Labute approximate surface area is 124 Å². The Kier molecular flexibility index (Phi) is 5.49. The van der Waals surface area contributed by atoms with Gasteiger partial charge in [-0.2, -0.15) is 0 Å². The van der Waals surface area contributed by atoms with Crippen LogP contribution in [0.3, 0.4) is 0 Å². The van der Waals surface area contributed by atoms with E-state index in [0.29, 0.717) is 17.4 Å². The maximum atomic E-state index is 6.37. The smallest absolute Gasteiger partial charge is 0.0837 e. The van der Waals surface area contributed by atoms with E-state index in [1.807, 2.05) is 0 Å². The highest BCUT2D eigenvalue weighted by Crippen LogP contribution is 2.45. The molecule has 0 amide bonds. The molecule has 2 aliphatic rings. The summed E-state index contributed by atoms with van der Waals surface area (Å²) in [6.45, 7) is 9.57. The van der Waals surface area contributed by atoms with E-state index in [4.69, 9.17) is 9.47 Å². The maximum Gasteiger partial charge on any atom is 0.0837 e. The molecule has 2 rings (SSSR count). The van der Waals surface area contributed by atoms with E-state index >= 15 is 0 Å². The van der Waals surface area contributed by atoms with Gasteiger partial charge in [-0.05, 0) is 63.8 Å². The molecule has 1 saturated heterocycles. The van der Waals surface area contributed by atoms with Crippen molar-refractivity contribution in [2.75, 3.05) is 26.9 Å². The van der Waals surface area contributed by atoms with Crippen molar-refractivity contribution in [2.45, 2.75) is 70.9 Å². The molecule has 3 heteroatoms. The van der Waals surface area contributed by atoms with Crippen LogP contribution in [-0.2, 0) is 9.47 Å². The summed E-state index contributed by atoms with van der Waals surface area (Å²) in [5.74, 6) is 0.696. The summed E-state index contributed by atoms with van der Waals surface area (Å²) < 4.78 is 11.9. The second-order valence-corrected chi connectivity index (χ2v) is 7.38. The van der Waals surface area contributed by atoms with Gasteiger partial charge in [-0.3, -0.25) is 0 Å². The molecule has 3 nitrogen and oxygen atoms in total. The molecule has 1 saturated carbocycles. The second-order valence-electron chi connectivity index (χ2n) is 7.38. The minimum absolute atomic E-state index is 0.0427. The third kappa shape index (κ3) is 3.55. The SMILES string of the molecule is CCOC1(C(NC)C2CCOCC2)CCC(C)(C)CC1. The lowest BCUT2D eigenvalue weighted by atomic mass is 9.65. The molecular formula is C17H33NO2. The van der Waals surface area contributed by atoms with Crippen LogP contribution >= 0.6 is 0 Å². The van der Waals surface area contributed by atoms with Crippen molar-refractivity contribution in [3.63, 3.8) is 0 Å². The average Bonchev–Trinajstić information content (AvgIpc) is 2.44. The van der Waals surface area contributed by atoms with Crippen LogP contribution in [0.15, 0.2) is 0 Å². The molecule has 0 spiro atoms. The number of rotatable bonds is 5. The van der Waals surface area contributed by atoms with Crippen molar-refractivity contribution in [3.05, 3.63) is 0 Å². The van der Waals surface area contributed by atoms with Gasteiger partial charge in [0.15, 0.2) is 0 Å². The molecule has 0 radical (unpaired) electrons.